The summed E-state index contributed by atoms with van der Waals surface area (Å²) >= 11 is 3.16. The third-order valence-electron chi connectivity index (χ3n) is 2.90. The lowest BCUT2D eigenvalue weighted by Gasteiger charge is -1.97. The standard InChI is InChI=1S/C15H11N3S2.HI/c1-18-6-2-4-12(18)8-11(9-16)15-17-13(10-20-15)14-5-3-7-19-14;/h2-8,10H,1H3;1H/b11-8+;. The number of hydrogen-bond acceptors (Lipinski definition) is 4. The maximum absolute atomic E-state index is 9.35. The molecule has 0 N–H and O–H groups in total. The Balaban J connectivity index is 0.00000161. The normalized spacial score (nSPS) is 11.0. The fourth-order valence-electron chi connectivity index (χ4n) is 1.85. The van der Waals surface area contributed by atoms with Crippen LogP contribution in [-0.4, -0.2) is 9.55 Å². The minimum atomic E-state index is 0. The smallest absolute Gasteiger partial charge is 0.134 e. The van der Waals surface area contributed by atoms with Gasteiger partial charge in [-0.05, 0) is 29.7 Å². The van der Waals surface area contributed by atoms with Gasteiger partial charge in [0.15, 0.2) is 0 Å². The molecule has 0 radical (unpaired) electrons. The SMILES string of the molecule is Cn1cccc1/C=C(\C#N)c1nc(-c2cccs2)cs1.I. The van der Waals surface area contributed by atoms with Gasteiger partial charge in [-0.1, -0.05) is 6.07 Å². The Morgan fingerprint density at radius 3 is 2.81 bits per heavy atom. The van der Waals surface area contributed by atoms with E-state index in [4.69, 9.17) is 0 Å². The molecule has 21 heavy (non-hydrogen) atoms. The summed E-state index contributed by atoms with van der Waals surface area (Å²) in [5.74, 6) is 0. The van der Waals surface area contributed by atoms with Crippen molar-refractivity contribution in [3.8, 4) is 16.6 Å². The second-order valence-corrected chi connectivity index (χ2v) is 6.03. The monoisotopic (exact) mass is 425 g/mol. The molecule has 0 fully saturated rings. The van der Waals surface area contributed by atoms with Crippen molar-refractivity contribution in [2.45, 2.75) is 0 Å². The fourth-order valence-corrected chi connectivity index (χ4v) is 3.40. The summed E-state index contributed by atoms with van der Waals surface area (Å²) in [5, 5.41) is 14.1. The van der Waals surface area contributed by atoms with Crippen LogP contribution in [0.25, 0.3) is 22.2 Å². The Labute approximate surface area is 148 Å². The molecule has 3 nitrogen and oxygen atoms in total. The molecule has 0 spiro atoms. The van der Waals surface area contributed by atoms with Gasteiger partial charge in [-0.2, -0.15) is 5.26 Å². The van der Waals surface area contributed by atoms with Gasteiger partial charge in [0.05, 0.1) is 16.1 Å². The van der Waals surface area contributed by atoms with Gasteiger partial charge in [-0.15, -0.1) is 46.7 Å². The zero-order chi connectivity index (χ0) is 13.9. The van der Waals surface area contributed by atoms with Crippen LogP contribution >= 0.6 is 46.7 Å². The van der Waals surface area contributed by atoms with Crippen LogP contribution in [0.3, 0.4) is 0 Å². The first-order valence-corrected chi connectivity index (χ1v) is 7.77. The summed E-state index contributed by atoms with van der Waals surface area (Å²) in [6.07, 6.45) is 3.83. The van der Waals surface area contributed by atoms with Crippen molar-refractivity contribution in [2.75, 3.05) is 0 Å². The van der Waals surface area contributed by atoms with Crippen LogP contribution in [0.2, 0.25) is 0 Å². The molecular formula is C15H12IN3S2. The molecule has 3 rings (SSSR count). The number of hydrogen-bond donors (Lipinski definition) is 0. The fraction of sp³-hybridized carbons (Fsp3) is 0.0667. The largest absolute Gasteiger partial charge is 0.351 e. The Bertz CT molecular complexity index is 791. The second kappa shape index (κ2) is 7.02. The number of aryl methyl sites for hydroxylation is 1. The zero-order valence-corrected chi connectivity index (χ0v) is 15.1. The number of allylic oxidation sites excluding steroid dienone is 1. The third-order valence-corrected chi connectivity index (χ3v) is 4.67. The van der Waals surface area contributed by atoms with Gasteiger partial charge in [0.25, 0.3) is 0 Å². The summed E-state index contributed by atoms with van der Waals surface area (Å²) in [7, 11) is 1.96. The van der Waals surface area contributed by atoms with E-state index in [0.717, 1.165) is 21.3 Å². The molecule has 0 bridgehead atoms. The first-order chi connectivity index (χ1) is 9.78. The van der Waals surface area contributed by atoms with Gasteiger partial charge in [-0.25, -0.2) is 4.98 Å². The van der Waals surface area contributed by atoms with E-state index < -0.39 is 0 Å². The highest BCUT2D eigenvalue weighted by atomic mass is 127. The van der Waals surface area contributed by atoms with E-state index in [0.29, 0.717) is 5.57 Å². The molecule has 3 aromatic rings. The average molecular weight is 425 g/mol. The minimum absolute atomic E-state index is 0. The van der Waals surface area contributed by atoms with Crippen LogP contribution in [0.5, 0.6) is 0 Å². The van der Waals surface area contributed by atoms with E-state index in [9.17, 15) is 5.26 Å². The van der Waals surface area contributed by atoms with Gasteiger partial charge in [0, 0.05) is 24.3 Å². The van der Waals surface area contributed by atoms with Crippen molar-refractivity contribution in [1.29, 1.82) is 5.26 Å². The molecule has 3 heterocycles. The van der Waals surface area contributed by atoms with E-state index in [1.54, 1.807) is 11.3 Å². The predicted octanol–water partition coefficient (Wildman–Crippen LogP) is 4.89. The topological polar surface area (TPSA) is 41.6 Å². The number of thiazole rings is 1. The highest BCUT2D eigenvalue weighted by Crippen LogP contribution is 2.29. The lowest BCUT2D eigenvalue weighted by molar-refractivity contribution is 0.915. The van der Waals surface area contributed by atoms with Crippen molar-refractivity contribution >= 4 is 58.3 Å². The highest BCUT2D eigenvalue weighted by Gasteiger charge is 2.10. The van der Waals surface area contributed by atoms with Crippen molar-refractivity contribution in [1.82, 2.24) is 9.55 Å². The van der Waals surface area contributed by atoms with Gasteiger partial charge in [0.1, 0.15) is 11.1 Å². The molecule has 6 heteroatoms. The van der Waals surface area contributed by atoms with Crippen molar-refractivity contribution < 1.29 is 0 Å². The molecule has 0 aliphatic heterocycles. The van der Waals surface area contributed by atoms with Crippen LogP contribution in [0.15, 0.2) is 41.2 Å². The molecule has 0 amide bonds. The molecule has 0 aliphatic rings. The molecule has 0 atom stereocenters. The lowest BCUT2D eigenvalue weighted by Crippen LogP contribution is -1.89. The Morgan fingerprint density at radius 2 is 2.19 bits per heavy atom. The van der Waals surface area contributed by atoms with Gasteiger partial charge in [-0.3, -0.25) is 0 Å². The minimum Gasteiger partial charge on any atom is -0.351 e. The summed E-state index contributed by atoms with van der Waals surface area (Å²) in [5.41, 5.74) is 2.53. The second-order valence-electron chi connectivity index (χ2n) is 4.23. The number of halogens is 1. The molecule has 0 aromatic carbocycles. The molecular weight excluding hydrogens is 413 g/mol. The average Bonchev–Trinajstić information content (AvgIpc) is 3.17. The molecule has 0 saturated heterocycles. The lowest BCUT2D eigenvalue weighted by atomic mass is 10.2. The quantitative estimate of drug-likeness (QED) is 0.443. The number of thiophene rings is 1. The van der Waals surface area contributed by atoms with Crippen molar-refractivity contribution in [3.63, 3.8) is 0 Å². The molecule has 0 saturated carbocycles. The maximum atomic E-state index is 9.35. The molecule has 106 valence electrons. The summed E-state index contributed by atoms with van der Waals surface area (Å²) in [6.45, 7) is 0. The summed E-state index contributed by atoms with van der Waals surface area (Å²) in [4.78, 5) is 5.69. The molecule has 3 aromatic heterocycles. The van der Waals surface area contributed by atoms with Crippen LogP contribution in [-0.2, 0) is 7.05 Å². The van der Waals surface area contributed by atoms with Gasteiger partial charge in [0.2, 0.25) is 0 Å². The third kappa shape index (κ3) is 3.43. The highest BCUT2D eigenvalue weighted by molar-refractivity contribution is 14.0. The number of rotatable bonds is 3. The number of aromatic nitrogens is 2. The van der Waals surface area contributed by atoms with E-state index in [1.165, 1.54) is 11.3 Å². The van der Waals surface area contributed by atoms with E-state index >= 15 is 0 Å². The van der Waals surface area contributed by atoms with Crippen LogP contribution < -0.4 is 0 Å². The van der Waals surface area contributed by atoms with Crippen LogP contribution in [0.1, 0.15) is 10.7 Å². The van der Waals surface area contributed by atoms with Crippen LogP contribution in [0.4, 0.5) is 0 Å². The van der Waals surface area contributed by atoms with E-state index in [-0.39, 0.29) is 24.0 Å². The maximum Gasteiger partial charge on any atom is 0.134 e. The Hall–Kier alpha value is -1.43. The zero-order valence-electron chi connectivity index (χ0n) is 11.2. The summed E-state index contributed by atoms with van der Waals surface area (Å²) in [6, 6.07) is 10.2. The van der Waals surface area contributed by atoms with E-state index in [2.05, 4.69) is 11.1 Å². The first kappa shape index (κ1) is 15.9. The summed E-state index contributed by atoms with van der Waals surface area (Å²) < 4.78 is 1.98. The van der Waals surface area contributed by atoms with Gasteiger partial charge < -0.3 is 4.57 Å². The van der Waals surface area contributed by atoms with Gasteiger partial charge >= 0.3 is 0 Å². The van der Waals surface area contributed by atoms with Crippen LogP contribution in [0, 0.1) is 11.3 Å². The Kier molecular flexibility index (Phi) is 5.33. The molecule has 0 unspecified atom stereocenters. The Morgan fingerprint density at radius 1 is 1.33 bits per heavy atom. The number of nitrogens with zero attached hydrogens (tertiary/aromatic N) is 3. The predicted molar refractivity (Wildman–Crippen MR) is 99.7 cm³/mol. The first-order valence-electron chi connectivity index (χ1n) is 6.01. The molecule has 0 aliphatic carbocycles. The number of nitriles is 1. The van der Waals surface area contributed by atoms with E-state index in [1.807, 2.05) is 58.9 Å². The van der Waals surface area contributed by atoms with Crippen molar-refractivity contribution in [2.24, 2.45) is 7.05 Å². The van der Waals surface area contributed by atoms with Crippen molar-refractivity contribution in [3.05, 3.63) is 51.9 Å².